The smallest absolute Gasteiger partial charge is 0.335 e. The minimum Gasteiger partial charge on any atom is -0.478 e. The topological polar surface area (TPSA) is 107 Å². The molecule has 0 heterocycles. The van der Waals surface area contributed by atoms with E-state index < -0.39 is 22.0 Å². The van der Waals surface area contributed by atoms with Gasteiger partial charge >= 0.3 is 5.97 Å². The Labute approximate surface area is 119 Å². The summed E-state index contributed by atoms with van der Waals surface area (Å²) in [5.41, 5.74) is -0.0177. The highest BCUT2D eigenvalue weighted by Gasteiger charge is 2.21. The molecule has 1 aromatic rings. The van der Waals surface area contributed by atoms with Crippen LogP contribution in [0.1, 0.15) is 23.7 Å². The van der Waals surface area contributed by atoms with E-state index in [1.54, 1.807) is 6.92 Å². The van der Waals surface area contributed by atoms with Crippen LogP contribution in [0.4, 0.5) is 0 Å². The number of rotatable bonds is 5. The molecule has 0 aliphatic heterocycles. The number of benzene rings is 1. The van der Waals surface area contributed by atoms with E-state index in [9.17, 15) is 13.2 Å². The molecule has 2 N–H and O–H groups in total. The predicted octanol–water partition coefficient (Wildman–Crippen LogP) is 1.73. The van der Waals surface area contributed by atoms with E-state index in [0.717, 1.165) is 0 Å². The summed E-state index contributed by atoms with van der Waals surface area (Å²) in [6.45, 7) is 1.57. The molecule has 0 aliphatic rings. The van der Waals surface area contributed by atoms with Crippen molar-refractivity contribution < 1.29 is 18.3 Å². The molecular weight excluding hydrogens is 336 g/mol. The molecule has 0 spiro atoms. The second-order valence-corrected chi connectivity index (χ2v) is 6.37. The molecule has 0 fully saturated rings. The van der Waals surface area contributed by atoms with Gasteiger partial charge in [0.05, 0.1) is 22.9 Å². The maximum Gasteiger partial charge on any atom is 0.335 e. The Kier molecular flexibility index (Phi) is 5.05. The zero-order valence-electron chi connectivity index (χ0n) is 9.92. The third-order valence-corrected chi connectivity index (χ3v) is 4.79. The molecule has 1 rings (SSSR count). The minimum absolute atomic E-state index is 0.0177. The van der Waals surface area contributed by atoms with Crippen LogP contribution in [0.25, 0.3) is 0 Å². The highest BCUT2D eigenvalue weighted by Crippen LogP contribution is 2.23. The van der Waals surface area contributed by atoms with Crippen LogP contribution in [0.15, 0.2) is 27.6 Å². The van der Waals surface area contributed by atoms with Gasteiger partial charge < -0.3 is 5.11 Å². The van der Waals surface area contributed by atoms with Gasteiger partial charge in [-0.05, 0) is 41.1 Å². The summed E-state index contributed by atoms with van der Waals surface area (Å²) in [6, 6.07) is 4.96. The number of halogens is 1. The van der Waals surface area contributed by atoms with E-state index in [1.165, 1.54) is 18.2 Å². The fraction of sp³-hybridized carbons (Fsp3) is 0.273. The Morgan fingerprint density at radius 3 is 2.68 bits per heavy atom. The van der Waals surface area contributed by atoms with Crippen LogP contribution in [-0.4, -0.2) is 25.5 Å². The monoisotopic (exact) mass is 346 g/mol. The van der Waals surface area contributed by atoms with E-state index >= 15 is 0 Å². The van der Waals surface area contributed by atoms with Crippen molar-refractivity contribution in [2.75, 3.05) is 0 Å². The second kappa shape index (κ2) is 6.14. The lowest BCUT2D eigenvalue weighted by molar-refractivity contribution is 0.0696. The van der Waals surface area contributed by atoms with Crippen LogP contribution in [0.2, 0.25) is 0 Å². The van der Waals surface area contributed by atoms with E-state index in [0.29, 0.717) is 0 Å². The summed E-state index contributed by atoms with van der Waals surface area (Å²) in [7, 11) is -3.80. The fourth-order valence-electron chi connectivity index (χ4n) is 1.36. The Hall–Kier alpha value is -1.43. The van der Waals surface area contributed by atoms with E-state index in [-0.39, 0.29) is 21.4 Å². The number of aromatic carboxylic acids is 1. The lowest BCUT2D eigenvalue weighted by atomic mass is 10.2. The van der Waals surface area contributed by atoms with Gasteiger partial charge in [-0.25, -0.2) is 17.9 Å². The first-order valence-electron chi connectivity index (χ1n) is 5.20. The van der Waals surface area contributed by atoms with E-state index in [4.69, 9.17) is 10.4 Å². The SMILES string of the molecule is CC(CC#N)NS(=O)(=O)c1ccc(C(=O)O)cc1Br. The molecule has 1 aromatic carbocycles. The summed E-state index contributed by atoms with van der Waals surface area (Å²) in [6.07, 6.45) is 0.0457. The molecule has 8 heteroatoms. The molecule has 1 unspecified atom stereocenters. The molecule has 0 saturated heterocycles. The minimum atomic E-state index is -3.80. The fourth-order valence-corrected chi connectivity index (χ4v) is 3.68. The van der Waals surface area contributed by atoms with Crippen LogP contribution >= 0.6 is 15.9 Å². The Morgan fingerprint density at radius 2 is 2.21 bits per heavy atom. The van der Waals surface area contributed by atoms with Gasteiger partial charge in [0.1, 0.15) is 0 Å². The van der Waals surface area contributed by atoms with Gasteiger partial charge in [0, 0.05) is 10.5 Å². The third-order valence-electron chi connectivity index (χ3n) is 2.22. The molecule has 1 atom stereocenters. The highest BCUT2D eigenvalue weighted by molar-refractivity contribution is 9.10. The maximum atomic E-state index is 12.0. The van der Waals surface area contributed by atoms with Crippen molar-refractivity contribution in [2.45, 2.75) is 24.3 Å². The first-order chi connectivity index (χ1) is 8.77. The zero-order valence-corrected chi connectivity index (χ0v) is 12.3. The van der Waals surface area contributed by atoms with Crippen molar-refractivity contribution in [2.24, 2.45) is 0 Å². The summed E-state index contributed by atoms with van der Waals surface area (Å²) >= 11 is 3.03. The number of carbonyl (C=O) groups is 1. The van der Waals surface area contributed by atoms with Crippen molar-refractivity contribution >= 4 is 31.9 Å². The van der Waals surface area contributed by atoms with E-state index in [1.807, 2.05) is 6.07 Å². The standard InChI is InChI=1S/C11H11BrN2O4S/c1-7(4-5-13)14-19(17,18)10-3-2-8(11(15)16)6-9(10)12/h2-3,6-7,14H,4H2,1H3,(H,15,16). The van der Waals surface area contributed by atoms with Crippen molar-refractivity contribution in [3.63, 3.8) is 0 Å². The van der Waals surface area contributed by atoms with Gasteiger partial charge in [-0.1, -0.05) is 0 Å². The first-order valence-corrected chi connectivity index (χ1v) is 7.47. The van der Waals surface area contributed by atoms with Crippen LogP contribution < -0.4 is 4.72 Å². The van der Waals surface area contributed by atoms with Gasteiger partial charge in [0.2, 0.25) is 10.0 Å². The molecule has 19 heavy (non-hydrogen) atoms. The normalized spacial score (nSPS) is 12.7. The first kappa shape index (κ1) is 15.6. The number of carboxylic acid groups (broad SMARTS) is 1. The molecular formula is C11H11BrN2O4S. The molecule has 0 aliphatic carbocycles. The zero-order chi connectivity index (χ0) is 14.6. The van der Waals surface area contributed by atoms with Gasteiger partial charge in [-0.3, -0.25) is 0 Å². The summed E-state index contributed by atoms with van der Waals surface area (Å²) < 4.78 is 26.5. The molecule has 0 aromatic heterocycles. The van der Waals surface area contributed by atoms with Crippen LogP contribution in [0, 0.1) is 11.3 Å². The summed E-state index contributed by atoms with van der Waals surface area (Å²) in [5.74, 6) is -1.14. The number of hydrogen-bond acceptors (Lipinski definition) is 4. The average molecular weight is 347 g/mol. The number of hydrogen-bond donors (Lipinski definition) is 2. The lowest BCUT2D eigenvalue weighted by Gasteiger charge is -2.12. The van der Waals surface area contributed by atoms with Crippen molar-refractivity contribution in [3.8, 4) is 6.07 Å². The van der Waals surface area contributed by atoms with Gasteiger partial charge in [0.25, 0.3) is 0 Å². The largest absolute Gasteiger partial charge is 0.478 e. The van der Waals surface area contributed by atoms with Crippen LogP contribution in [-0.2, 0) is 10.0 Å². The Balaban J connectivity index is 3.09. The third kappa shape index (κ3) is 4.02. The van der Waals surface area contributed by atoms with Gasteiger partial charge in [-0.2, -0.15) is 5.26 Å². The predicted molar refractivity (Wildman–Crippen MR) is 71.1 cm³/mol. The van der Waals surface area contributed by atoms with Gasteiger partial charge in [-0.15, -0.1) is 0 Å². The van der Waals surface area contributed by atoms with Crippen molar-refractivity contribution in [3.05, 3.63) is 28.2 Å². The number of nitriles is 1. The maximum absolute atomic E-state index is 12.0. The second-order valence-electron chi connectivity index (χ2n) is 3.83. The Morgan fingerprint density at radius 1 is 1.58 bits per heavy atom. The molecule has 6 nitrogen and oxygen atoms in total. The van der Waals surface area contributed by atoms with Crippen LogP contribution in [0.5, 0.6) is 0 Å². The van der Waals surface area contributed by atoms with Crippen molar-refractivity contribution in [1.29, 1.82) is 5.26 Å². The lowest BCUT2D eigenvalue weighted by Crippen LogP contribution is -2.32. The number of nitrogens with one attached hydrogen (secondary N) is 1. The molecule has 0 saturated carbocycles. The molecule has 0 bridgehead atoms. The highest BCUT2D eigenvalue weighted by atomic mass is 79.9. The Bertz CT molecular complexity index is 637. The van der Waals surface area contributed by atoms with Crippen LogP contribution in [0.3, 0.4) is 0 Å². The number of nitrogens with zero attached hydrogens (tertiary/aromatic N) is 1. The summed E-state index contributed by atoms with van der Waals surface area (Å²) in [5, 5.41) is 17.3. The summed E-state index contributed by atoms with van der Waals surface area (Å²) in [4.78, 5) is 10.7. The van der Waals surface area contributed by atoms with Gasteiger partial charge in [0.15, 0.2) is 0 Å². The number of sulfonamides is 1. The number of carboxylic acids is 1. The average Bonchev–Trinajstić information content (AvgIpc) is 2.27. The van der Waals surface area contributed by atoms with Crippen molar-refractivity contribution in [1.82, 2.24) is 4.72 Å². The molecule has 0 amide bonds. The van der Waals surface area contributed by atoms with E-state index in [2.05, 4.69) is 20.7 Å². The quantitative estimate of drug-likeness (QED) is 0.843. The molecule has 0 radical (unpaired) electrons. The molecule has 102 valence electrons.